The molecular formula is C19H23N5O2S. The number of benzene rings is 1. The first kappa shape index (κ1) is 19.0. The molecule has 0 saturated heterocycles. The molecule has 0 aliphatic heterocycles. The first-order chi connectivity index (χ1) is 13.0. The zero-order chi connectivity index (χ0) is 19.4. The molecule has 0 radical (unpaired) electrons. The van der Waals surface area contributed by atoms with Gasteiger partial charge in [0.05, 0.1) is 6.04 Å². The molecule has 0 aliphatic carbocycles. The molecule has 0 fully saturated rings. The van der Waals surface area contributed by atoms with Gasteiger partial charge in [-0.05, 0) is 25.8 Å². The predicted octanol–water partition coefficient (Wildman–Crippen LogP) is 2.27. The maximum absolute atomic E-state index is 12.7. The van der Waals surface area contributed by atoms with Crippen molar-refractivity contribution in [3.05, 3.63) is 68.8 Å². The summed E-state index contributed by atoms with van der Waals surface area (Å²) in [7, 11) is 1.72. The Morgan fingerprint density at radius 1 is 1.30 bits per heavy atom. The molecule has 7 nitrogen and oxygen atoms in total. The van der Waals surface area contributed by atoms with Gasteiger partial charge in [0.15, 0.2) is 0 Å². The van der Waals surface area contributed by atoms with Gasteiger partial charge < -0.3 is 4.90 Å². The van der Waals surface area contributed by atoms with Crippen molar-refractivity contribution in [1.29, 1.82) is 0 Å². The van der Waals surface area contributed by atoms with Gasteiger partial charge in [-0.1, -0.05) is 30.3 Å². The van der Waals surface area contributed by atoms with Gasteiger partial charge in [0, 0.05) is 25.2 Å². The second-order valence-corrected chi connectivity index (χ2v) is 7.35. The van der Waals surface area contributed by atoms with E-state index in [0.29, 0.717) is 12.4 Å². The van der Waals surface area contributed by atoms with Gasteiger partial charge >= 0.3 is 5.69 Å². The fourth-order valence-corrected chi connectivity index (χ4v) is 3.60. The third kappa shape index (κ3) is 4.33. The molecule has 0 unspecified atom stereocenters. The molecule has 142 valence electrons. The quantitative estimate of drug-likeness (QED) is 0.625. The lowest BCUT2D eigenvalue weighted by molar-refractivity contribution is -0.132. The van der Waals surface area contributed by atoms with E-state index >= 15 is 0 Å². The molecule has 1 amide bonds. The molecule has 1 aromatic carbocycles. The van der Waals surface area contributed by atoms with Crippen LogP contribution in [0.1, 0.15) is 29.4 Å². The zero-order valence-electron chi connectivity index (χ0n) is 15.7. The molecule has 0 N–H and O–H groups in total. The lowest BCUT2D eigenvalue weighted by Gasteiger charge is -2.22. The fraction of sp³-hybridized carbons (Fsp3) is 0.368. The fourth-order valence-electron chi connectivity index (χ4n) is 2.86. The van der Waals surface area contributed by atoms with E-state index in [1.807, 2.05) is 42.6 Å². The summed E-state index contributed by atoms with van der Waals surface area (Å²) in [5.41, 5.74) is 0.900. The van der Waals surface area contributed by atoms with Crippen LogP contribution in [0, 0.1) is 6.92 Å². The number of likely N-dealkylation sites (N-methyl/N-ethyl adjacent to an activating group) is 1. The van der Waals surface area contributed by atoms with Crippen LogP contribution in [0.15, 0.2) is 46.7 Å². The van der Waals surface area contributed by atoms with E-state index in [4.69, 9.17) is 0 Å². The molecule has 0 saturated carbocycles. The summed E-state index contributed by atoms with van der Waals surface area (Å²) in [6.07, 6.45) is 2.46. The monoisotopic (exact) mass is 385 g/mol. The third-order valence-electron chi connectivity index (χ3n) is 4.64. The average Bonchev–Trinajstić information content (AvgIpc) is 3.29. The molecule has 3 aromatic rings. The number of thiazole rings is 1. The molecular weight excluding hydrogens is 362 g/mol. The Hall–Kier alpha value is -2.74. The molecule has 2 aromatic heterocycles. The van der Waals surface area contributed by atoms with E-state index in [-0.39, 0.29) is 24.2 Å². The molecule has 2 heterocycles. The lowest BCUT2D eigenvalue weighted by atomic mass is 10.1. The van der Waals surface area contributed by atoms with Crippen LogP contribution in [0.3, 0.4) is 0 Å². The number of aryl methyl sites for hydroxylation is 2. The van der Waals surface area contributed by atoms with Crippen LogP contribution in [-0.4, -0.2) is 37.2 Å². The van der Waals surface area contributed by atoms with Crippen LogP contribution in [0.25, 0.3) is 0 Å². The number of amides is 1. The Kier molecular flexibility index (Phi) is 5.85. The minimum absolute atomic E-state index is 0.0791. The maximum Gasteiger partial charge on any atom is 0.346 e. The Morgan fingerprint density at radius 3 is 2.70 bits per heavy atom. The second-order valence-electron chi connectivity index (χ2n) is 6.43. The smallest absolute Gasteiger partial charge is 0.335 e. The summed E-state index contributed by atoms with van der Waals surface area (Å²) in [5, 5.41) is 7.02. The van der Waals surface area contributed by atoms with Crippen LogP contribution in [0.2, 0.25) is 0 Å². The zero-order valence-corrected chi connectivity index (χ0v) is 16.5. The number of rotatable bonds is 7. The minimum Gasteiger partial charge on any atom is -0.335 e. The van der Waals surface area contributed by atoms with Crippen molar-refractivity contribution in [3.63, 3.8) is 0 Å². The Labute approximate surface area is 161 Å². The minimum atomic E-state index is -0.257. The van der Waals surface area contributed by atoms with Gasteiger partial charge in [-0.3, -0.25) is 9.36 Å². The largest absolute Gasteiger partial charge is 0.346 e. The first-order valence-electron chi connectivity index (χ1n) is 8.80. The number of hydrogen-bond donors (Lipinski definition) is 0. The molecule has 0 bridgehead atoms. The summed E-state index contributed by atoms with van der Waals surface area (Å²) in [6, 6.07) is 9.84. The first-order valence-corrected chi connectivity index (χ1v) is 9.68. The van der Waals surface area contributed by atoms with Crippen molar-refractivity contribution in [2.24, 2.45) is 0 Å². The normalized spacial score (nSPS) is 12.1. The Morgan fingerprint density at radius 2 is 2.04 bits per heavy atom. The van der Waals surface area contributed by atoms with Crippen LogP contribution in [0.4, 0.5) is 0 Å². The van der Waals surface area contributed by atoms with Crippen molar-refractivity contribution in [3.8, 4) is 0 Å². The lowest BCUT2D eigenvalue weighted by Crippen LogP contribution is -2.36. The molecule has 0 spiro atoms. The number of nitrogens with zero attached hydrogens (tertiary/aromatic N) is 5. The van der Waals surface area contributed by atoms with Crippen LogP contribution in [0.5, 0.6) is 0 Å². The number of carbonyl (C=O) groups is 1. The standard InChI is InChI=1S/C19H23N5O2S/c1-14(18-20-10-12-27-18)22(3)17(25)13-24-19(26)23(15(2)21-24)11-9-16-7-5-4-6-8-16/h4-8,10,12,14H,9,11,13H2,1-3H3/t14-/m0/s1. The highest BCUT2D eigenvalue weighted by Crippen LogP contribution is 2.20. The number of aromatic nitrogens is 4. The highest BCUT2D eigenvalue weighted by Gasteiger charge is 2.21. The topological polar surface area (TPSA) is 73.0 Å². The molecule has 8 heteroatoms. The highest BCUT2D eigenvalue weighted by atomic mass is 32.1. The van der Waals surface area contributed by atoms with Crippen molar-refractivity contribution in [2.75, 3.05) is 7.05 Å². The van der Waals surface area contributed by atoms with Crippen molar-refractivity contribution < 1.29 is 4.79 Å². The van der Waals surface area contributed by atoms with Crippen LogP contribution < -0.4 is 5.69 Å². The van der Waals surface area contributed by atoms with Gasteiger partial charge in [0.25, 0.3) is 0 Å². The van der Waals surface area contributed by atoms with Crippen molar-refractivity contribution >= 4 is 17.2 Å². The van der Waals surface area contributed by atoms with Crippen LogP contribution in [-0.2, 0) is 24.3 Å². The number of hydrogen-bond acceptors (Lipinski definition) is 5. The summed E-state index contributed by atoms with van der Waals surface area (Å²) < 4.78 is 2.86. The van der Waals surface area contributed by atoms with E-state index < -0.39 is 0 Å². The molecule has 1 atom stereocenters. The Balaban J connectivity index is 1.68. The summed E-state index contributed by atoms with van der Waals surface area (Å²) >= 11 is 1.50. The van der Waals surface area contributed by atoms with E-state index in [1.165, 1.54) is 16.0 Å². The second kappa shape index (κ2) is 8.30. The maximum atomic E-state index is 12.7. The van der Waals surface area contributed by atoms with Gasteiger partial charge in [0.1, 0.15) is 17.4 Å². The SMILES string of the molecule is Cc1nn(CC(=O)N(C)[C@@H](C)c2nccs2)c(=O)n1CCc1ccccc1. The van der Waals surface area contributed by atoms with Gasteiger partial charge in [-0.2, -0.15) is 5.10 Å². The Bertz CT molecular complexity index is 946. The molecule has 3 rings (SSSR count). The van der Waals surface area contributed by atoms with Crippen molar-refractivity contribution in [1.82, 2.24) is 24.2 Å². The summed E-state index contributed by atoms with van der Waals surface area (Å²) in [5.74, 6) is 0.437. The van der Waals surface area contributed by atoms with E-state index in [2.05, 4.69) is 10.1 Å². The molecule has 27 heavy (non-hydrogen) atoms. The van der Waals surface area contributed by atoms with E-state index in [0.717, 1.165) is 17.0 Å². The van der Waals surface area contributed by atoms with Gasteiger partial charge in [-0.25, -0.2) is 14.5 Å². The van der Waals surface area contributed by atoms with Crippen LogP contribution >= 0.6 is 11.3 Å². The third-order valence-corrected chi connectivity index (χ3v) is 5.59. The van der Waals surface area contributed by atoms with Gasteiger partial charge in [0.2, 0.25) is 5.91 Å². The van der Waals surface area contributed by atoms with Gasteiger partial charge in [-0.15, -0.1) is 11.3 Å². The van der Waals surface area contributed by atoms with Crippen molar-refractivity contribution in [2.45, 2.75) is 39.4 Å². The summed E-state index contributed by atoms with van der Waals surface area (Å²) in [6.45, 7) is 4.16. The van der Waals surface area contributed by atoms with E-state index in [1.54, 1.807) is 29.6 Å². The highest BCUT2D eigenvalue weighted by molar-refractivity contribution is 7.09. The average molecular weight is 385 g/mol. The molecule has 0 aliphatic rings. The number of carbonyl (C=O) groups excluding carboxylic acids is 1. The summed E-state index contributed by atoms with van der Waals surface area (Å²) in [4.78, 5) is 31.1. The van der Waals surface area contributed by atoms with E-state index in [9.17, 15) is 9.59 Å². The predicted molar refractivity (Wildman–Crippen MR) is 105 cm³/mol.